The molecule has 6 nitrogen and oxygen atoms in total. The van der Waals surface area contributed by atoms with Gasteiger partial charge in [-0.25, -0.2) is 4.68 Å². The van der Waals surface area contributed by atoms with E-state index in [4.69, 9.17) is 0 Å². The van der Waals surface area contributed by atoms with Crippen LogP contribution in [-0.4, -0.2) is 38.2 Å². The first-order chi connectivity index (χ1) is 13.5. The van der Waals surface area contributed by atoms with E-state index in [0.717, 1.165) is 42.1 Å². The summed E-state index contributed by atoms with van der Waals surface area (Å²) in [5, 5.41) is 7.72. The van der Waals surface area contributed by atoms with Crippen molar-refractivity contribution in [3.8, 4) is 5.69 Å². The maximum atomic E-state index is 12.8. The van der Waals surface area contributed by atoms with E-state index in [-0.39, 0.29) is 5.91 Å². The minimum atomic E-state index is 0.0138. The molecule has 3 aromatic rings. The van der Waals surface area contributed by atoms with Crippen molar-refractivity contribution in [2.45, 2.75) is 32.7 Å². The van der Waals surface area contributed by atoms with Crippen molar-refractivity contribution in [2.24, 2.45) is 7.05 Å². The lowest BCUT2D eigenvalue weighted by Gasteiger charge is -2.24. The molecule has 2 aromatic heterocycles. The third-order valence-corrected chi connectivity index (χ3v) is 5.59. The van der Waals surface area contributed by atoms with E-state index in [1.54, 1.807) is 0 Å². The zero-order chi connectivity index (χ0) is 19.7. The number of amides is 1. The van der Waals surface area contributed by atoms with Crippen molar-refractivity contribution in [3.05, 3.63) is 65.7 Å². The van der Waals surface area contributed by atoms with Gasteiger partial charge in [0.1, 0.15) is 0 Å². The summed E-state index contributed by atoms with van der Waals surface area (Å²) >= 11 is 0. The molecule has 1 fully saturated rings. The largest absolute Gasteiger partial charge is 0.353 e. The summed E-state index contributed by atoms with van der Waals surface area (Å²) in [6.07, 6.45) is 4.28. The molecule has 0 unspecified atom stereocenters. The third-order valence-electron chi connectivity index (χ3n) is 5.59. The molecular weight excluding hydrogens is 350 g/mol. The summed E-state index contributed by atoms with van der Waals surface area (Å²) in [7, 11) is 2.07. The summed E-state index contributed by atoms with van der Waals surface area (Å²) in [6.45, 7) is 5.27. The smallest absolute Gasteiger partial charge is 0.238 e. The fourth-order valence-electron chi connectivity index (χ4n) is 4.18. The van der Waals surface area contributed by atoms with Gasteiger partial charge in [-0.2, -0.15) is 5.10 Å². The molecule has 1 aliphatic heterocycles. The monoisotopic (exact) mass is 377 g/mol. The average molecular weight is 377 g/mol. The molecule has 0 aliphatic carbocycles. The first-order valence-corrected chi connectivity index (χ1v) is 9.81. The Kier molecular flexibility index (Phi) is 5.05. The molecule has 1 aliphatic rings. The Morgan fingerprint density at radius 1 is 1.18 bits per heavy atom. The van der Waals surface area contributed by atoms with Crippen molar-refractivity contribution in [1.82, 2.24) is 19.2 Å². The highest BCUT2D eigenvalue weighted by molar-refractivity contribution is 5.93. The normalized spacial score (nSPS) is 17.2. The van der Waals surface area contributed by atoms with Gasteiger partial charge in [0, 0.05) is 18.9 Å². The van der Waals surface area contributed by atoms with Crippen LogP contribution in [-0.2, 0) is 11.8 Å². The van der Waals surface area contributed by atoms with Crippen molar-refractivity contribution in [2.75, 3.05) is 18.4 Å². The van der Waals surface area contributed by atoms with Gasteiger partial charge in [0.15, 0.2) is 0 Å². The number of para-hydroxylation sites is 1. The zero-order valence-corrected chi connectivity index (χ0v) is 16.7. The first-order valence-electron chi connectivity index (χ1n) is 9.81. The average Bonchev–Trinajstić information content (AvgIpc) is 3.38. The standard InChI is InChI=1S/C22H27N5O/c1-16-22(17(2)27(24-16)18-9-5-4-6-10-18)23-21(28)15-26-14-8-12-20(26)19-11-7-13-25(19)3/h4-7,9-11,13,20H,8,12,14-15H2,1-3H3,(H,23,28)/t20-/m0/s1. The Labute approximate surface area is 165 Å². The number of hydrogen-bond acceptors (Lipinski definition) is 3. The lowest BCUT2D eigenvalue weighted by molar-refractivity contribution is -0.117. The molecule has 0 bridgehead atoms. The molecule has 6 heteroatoms. The SMILES string of the molecule is Cc1nn(-c2ccccc2)c(C)c1NC(=O)CN1CCC[C@H]1c1cccn1C. The second-order valence-corrected chi connectivity index (χ2v) is 7.51. The predicted octanol–water partition coefficient (Wildman–Crippen LogP) is 3.60. The van der Waals surface area contributed by atoms with Crippen molar-refractivity contribution >= 4 is 11.6 Å². The number of aromatic nitrogens is 3. The highest BCUT2D eigenvalue weighted by Crippen LogP contribution is 2.31. The van der Waals surface area contributed by atoms with E-state index in [1.807, 2.05) is 48.9 Å². The molecule has 0 saturated carbocycles. The van der Waals surface area contributed by atoms with Crippen LogP contribution >= 0.6 is 0 Å². The predicted molar refractivity (Wildman–Crippen MR) is 111 cm³/mol. The lowest BCUT2D eigenvalue weighted by Crippen LogP contribution is -2.33. The van der Waals surface area contributed by atoms with Crippen LogP contribution in [0.1, 0.15) is 36.0 Å². The van der Waals surface area contributed by atoms with Gasteiger partial charge in [-0.05, 0) is 57.5 Å². The van der Waals surface area contributed by atoms with Gasteiger partial charge in [0.2, 0.25) is 5.91 Å². The minimum absolute atomic E-state index is 0.0138. The van der Waals surface area contributed by atoms with Crippen molar-refractivity contribution < 1.29 is 4.79 Å². The molecule has 28 heavy (non-hydrogen) atoms. The number of aryl methyl sites for hydroxylation is 2. The van der Waals surface area contributed by atoms with Crippen LogP contribution in [0.15, 0.2) is 48.7 Å². The van der Waals surface area contributed by atoms with Gasteiger partial charge in [-0.15, -0.1) is 0 Å². The summed E-state index contributed by atoms with van der Waals surface area (Å²) in [5.41, 5.74) is 4.84. The molecule has 1 saturated heterocycles. The van der Waals surface area contributed by atoms with E-state index in [9.17, 15) is 4.79 Å². The van der Waals surface area contributed by atoms with Gasteiger partial charge in [-0.3, -0.25) is 9.69 Å². The van der Waals surface area contributed by atoms with Crippen molar-refractivity contribution in [3.63, 3.8) is 0 Å². The second-order valence-electron chi connectivity index (χ2n) is 7.51. The summed E-state index contributed by atoms with van der Waals surface area (Å²) in [6, 6.07) is 14.5. The molecular formula is C22H27N5O. The molecule has 4 rings (SSSR count). The number of benzene rings is 1. The lowest BCUT2D eigenvalue weighted by atomic mass is 10.1. The van der Waals surface area contributed by atoms with Crippen LogP contribution in [0.25, 0.3) is 5.69 Å². The van der Waals surface area contributed by atoms with Gasteiger partial charge < -0.3 is 9.88 Å². The maximum Gasteiger partial charge on any atom is 0.238 e. The highest BCUT2D eigenvalue weighted by atomic mass is 16.2. The molecule has 146 valence electrons. The van der Waals surface area contributed by atoms with E-state index >= 15 is 0 Å². The van der Waals surface area contributed by atoms with E-state index in [1.165, 1.54) is 5.69 Å². The Hall–Kier alpha value is -2.86. The fourth-order valence-corrected chi connectivity index (χ4v) is 4.18. The molecule has 3 heterocycles. The number of hydrogen-bond donors (Lipinski definition) is 1. The number of rotatable bonds is 5. The maximum absolute atomic E-state index is 12.8. The number of carbonyl (C=O) groups is 1. The Morgan fingerprint density at radius 2 is 1.96 bits per heavy atom. The van der Waals surface area contributed by atoms with Gasteiger partial charge in [0.25, 0.3) is 0 Å². The minimum Gasteiger partial charge on any atom is -0.353 e. The van der Waals surface area contributed by atoms with Gasteiger partial charge in [-0.1, -0.05) is 18.2 Å². The van der Waals surface area contributed by atoms with Crippen LogP contribution in [0.4, 0.5) is 5.69 Å². The Bertz CT molecular complexity index is 972. The molecule has 0 spiro atoms. The molecule has 1 atom stereocenters. The summed E-state index contributed by atoms with van der Waals surface area (Å²) < 4.78 is 4.03. The topological polar surface area (TPSA) is 55.1 Å². The summed E-state index contributed by atoms with van der Waals surface area (Å²) in [5.74, 6) is 0.0138. The van der Waals surface area contributed by atoms with Gasteiger partial charge in [0.05, 0.1) is 35.3 Å². The number of nitrogens with one attached hydrogen (secondary N) is 1. The van der Waals surface area contributed by atoms with Crippen LogP contribution in [0.3, 0.4) is 0 Å². The second kappa shape index (κ2) is 7.64. The van der Waals surface area contributed by atoms with E-state index in [0.29, 0.717) is 12.6 Å². The Morgan fingerprint density at radius 3 is 2.68 bits per heavy atom. The van der Waals surface area contributed by atoms with E-state index < -0.39 is 0 Å². The number of anilines is 1. The summed E-state index contributed by atoms with van der Waals surface area (Å²) in [4.78, 5) is 15.1. The Balaban J connectivity index is 1.49. The molecule has 1 N–H and O–H groups in total. The molecule has 1 amide bonds. The number of nitrogens with zero attached hydrogens (tertiary/aromatic N) is 4. The third kappa shape index (κ3) is 3.47. The fraction of sp³-hybridized carbons (Fsp3) is 0.364. The van der Waals surface area contributed by atoms with Gasteiger partial charge >= 0.3 is 0 Å². The van der Waals surface area contributed by atoms with Crippen LogP contribution in [0, 0.1) is 13.8 Å². The van der Waals surface area contributed by atoms with Crippen LogP contribution in [0.2, 0.25) is 0 Å². The first kappa shape index (κ1) is 18.5. The number of likely N-dealkylation sites (tertiary alicyclic amines) is 1. The van der Waals surface area contributed by atoms with Crippen LogP contribution in [0.5, 0.6) is 0 Å². The molecule has 0 radical (unpaired) electrons. The molecule has 1 aromatic carbocycles. The van der Waals surface area contributed by atoms with Crippen LogP contribution < -0.4 is 5.32 Å². The number of carbonyl (C=O) groups excluding carboxylic acids is 1. The highest BCUT2D eigenvalue weighted by Gasteiger charge is 2.29. The zero-order valence-electron chi connectivity index (χ0n) is 16.7. The van der Waals surface area contributed by atoms with Crippen molar-refractivity contribution in [1.29, 1.82) is 0 Å². The van der Waals surface area contributed by atoms with E-state index in [2.05, 4.69) is 45.3 Å². The quantitative estimate of drug-likeness (QED) is 0.739.